The van der Waals surface area contributed by atoms with Crippen LogP contribution in [0.25, 0.3) is 0 Å². The van der Waals surface area contributed by atoms with Crippen molar-refractivity contribution in [3.63, 3.8) is 0 Å². The van der Waals surface area contributed by atoms with Crippen LogP contribution in [-0.2, 0) is 17.9 Å². The Morgan fingerprint density at radius 3 is 1.97 bits per heavy atom. The summed E-state index contributed by atoms with van der Waals surface area (Å²) in [7, 11) is 0. The van der Waals surface area contributed by atoms with E-state index in [9.17, 15) is 9.59 Å². The van der Waals surface area contributed by atoms with Gasteiger partial charge >= 0.3 is 0 Å². The Kier molecular flexibility index (Phi) is 7.40. The van der Waals surface area contributed by atoms with Gasteiger partial charge in [0.2, 0.25) is 0 Å². The lowest BCUT2D eigenvalue weighted by molar-refractivity contribution is -0.112. The van der Waals surface area contributed by atoms with Crippen LogP contribution in [0.3, 0.4) is 0 Å². The standard InChI is InChI=1S/C30H25ClN4O2/c31-25-17-15-24(16-18-25)29(36)33-32-28-26-13-7-8-14-27(26)35(30(28)37)21-34(19-22-9-3-1-4-10-22)20-23-11-5-2-6-12-23/h1-18H,19-21H2,(H,33,36)/b32-28-. The van der Waals surface area contributed by atoms with Crippen molar-refractivity contribution >= 4 is 34.8 Å². The predicted octanol–water partition coefficient (Wildman–Crippen LogP) is 5.48. The zero-order valence-electron chi connectivity index (χ0n) is 20.0. The lowest BCUT2D eigenvalue weighted by Gasteiger charge is -2.28. The summed E-state index contributed by atoms with van der Waals surface area (Å²) in [6.07, 6.45) is 0. The molecule has 1 heterocycles. The van der Waals surface area contributed by atoms with E-state index in [1.165, 1.54) is 0 Å². The fraction of sp³-hybridized carbons (Fsp3) is 0.100. The number of rotatable bonds is 8. The average Bonchev–Trinajstić information content (AvgIpc) is 3.19. The number of hydrogen-bond donors (Lipinski definition) is 1. The van der Waals surface area contributed by atoms with Gasteiger partial charge in [-0.05, 0) is 41.5 Å². The van der Waals surface area contributed by atoms with Crippen LogP contribution in [0.1, 0.15) is 27.0 Å². The summed E-state index contributed by atoms with van der Waals surface area (Å²) in [4.78, 5) is 30.1. The van der Waals surface area contributed by atoms with Crippen LogP contribution >= 0.6 is 11.6 Å². The Morgan fingerprint density at radius 2 is 1.35 bits per heavy atom. The maximum atomic E-state index is 13.6. The zero-order chi connectivity index (χ0) is 25.6. The molecule has 4 aromatic carbocycles. The number of fused-ring (bicyclic) bond motifs is 1. The summed E-state index contributed by atoms with van der Waals surface area (Å²) in [5, 5.41) is 4.78. The molecule has 0 bridgehead atoms. The molecular weight excluding hydrogens is 484 g/mol. The first kappa shape index (κ1) is 24.4. The van der Waals surface area contributed by atoms with Gasteiger partial charge in [0, 0.05) is 29.2 Å². The molecular formula is C30H25ClN4O2. The first-order valence-electron chi connectivity index (χ1n) is 11.9. The molecule has 1 aliphatic rings. The van der Waals surface area contributed by atoms with Crippen LogP contribution in [0.4, 0.5) is 5.69 Å². The Hall–Kier alpha value is -4.26. The molecule has 0 spiro atoms. The van der Waals surface area contributed by atoms with Crippen molar-refractivity contribution in [1.82, 2.24) is 10.3 Å². The van der Waals surface area contributed by atoms with Gasteiger partial charge in [0.1, 0.15) is 0 Å². The number of benzene rings is 4. The normalized spacial score (nSPS) is 13.7. The van der Waals surface area contributed by atoms with E-state index in [0.717, 1.165) is 16.8 Å². The van der Waals surface area contributed by atoms with Crippen LogP contribution < -0.4 is 10.3 Å². The van der Waals surface area contributed by atoms with Crippen LogP contribution in [0.2, 0.25) is 5.02 Å². The molecule has 37 heavy (non-hydrogen) atoms. The smallest absolute Gasteiger partial charge is 0.280 e. The monoisotopic (exact) mass is 508 g/mol. The SMILES string of the molecule is O=C(N/N=C1\C(=O)N(CN(Cc2ccccc2)Cc2ccccc2)c2ccccc21)c1ccc(Cl)cc1. The summed E-state index contributed by atoms with van der Waals surface area (Å²) < 4.78 is 0. The van der Waals surface area contributed by atoms with Crippen LogP contribution in [0.5, 0.6) is 0 Å². The maximum absolute atomic E-state index is 13.6. The summed E-state index contributed by atoms with van der Waals surface area (Å²) in [5.41, 5.74) is 6.90. The molecule has 0 fully saturated rings. The molecule has 0 aliphatic carbocycles. The molecule has 6 nitrogen and oxygen atoms in total. The van der Waals surface area contributed by atoms with Crippen molar-refractivity contribution < 1.29 is 9.59 Å². The van der Waals surface area contributed by atoms with E-state index in [-0.39, 0.29) is 11.6 Å². The quantitative estimate of drug-likeness (QED) is 0.320. The molecule has 184 valence electrons. The molecule has 0 saturated carbocycles. The second-order valence-electron chi connectivity index (χ2n) is 8.76. The lowest BCUT2D eigenvalue weighted by Crippen LogP contribution is -2.41. The molecule has 7 heteroatoms. The largest absolute Gasteiger partial charge is 0.293 e. The number of carbonyl (C=O) groups excluding carboxylic acids is 2. The predicted molar refractivity (Wildman–Crippen MR) is 146 cm³/mol. The molecule has 2 amide bonds. The Balaban J connectivity index is 1.40. The van der Waals surface area contributed by atoms with E-state index in [0.29, 0.717) is 35.9 Å². The average molecular weight is 509 g/mol. The number of hydrogen-bond acceptors (Lipinski definition) is 4. The number of nitrogens with zero attached hydrogens (tertiary/aromatic N) is 3. The number of carbonyl (C=O) groups is 2. The van der Waals surface area contributed by atoms with Crippen LogP contribution in [-0.4, -0.2) is 29.1 Å². The van der Waals surface area contributed by atoms with Gasteiger partial charge in [0.15, 0.2) is 5.71 Å². The van der Waals surface area contributed by atoms with E-state index >= 15 is 0 Å². The minimum Gasteiger partial charge on any atom is -0.293 e. The van der Waals surface area contributed by atoms with Gasteiger partial charge in [-0.1, -0.05) is 90.5 Å². The second-order valence-corrected chi connectivity index (χ2v) is 9.19. The zero-order valence-corrected chi connectivity index (χ0v) is 20.8. The van der Waals surface area contributed by atoms with Gasteiger partial charge in [0.25, 0.3) is 11.8 Å². The fourth-order valence-electron chi connectivity index (χ4n) is 4.32. The molecule has 1 aliphatic heterocycles. The number of nitrogens with one attached hydrogen (secondary N) is 1. The number of hydrazone groups is 1. The van der Waals surface area contributed by atoms with Crippen LogP contribution in [0.15, 0.2) is 114 Å². The van der Waals surface area contributed by atoms with Gasteiger partial charge in [0.05, 0.1) is 12.4 Å². The molecule has 0 unspecified atom stereocenters. The second kappa shape index (κ2) is 11.2. The lowest BCUT2D eigenvalue weighted by atomic mass is 10.1. The minimum atomic E-state index is -0.414. The highest BCUT2D eigenvalue weighted by Gasteiger charge is 2.35. The molecule has 0 atom stereocenters. The van der Waals surface area contributed by atoms with Gasteiger partial charge in [-0.15, -0.1) is 0 Å². The summed E-state index contributed by atoms with van der Waals surface area (Å²) >= 11 is 5.92. The van der Waals surface area contributed by atoms with Crippen molar-refractivity contribution in [3.8, 4) is 0 Å². The highest BCUT2D eigenvalue weighted by Crippen LogP contribution is 2.30. The van der Waals surface area contributed by atoms with Gasteiger partial charge in [-0.3, -0.25) is 19.4 Å². The molecule has 0 radical (unpaired) electrons. The summed E-state index contributed by atoms with van der Waals surface area (Å²) in [6.45, 7) is 1.70. The number of anilines is 1. The van der Waals surface area contributed by atoms with Gasteiger partial charge in [-0.25, -0.2) is 5.43 Å². The van der Waals surface area contributed by atoms with Crippen molar-refractivity contribution in [2.75, 3.05) is 11.6 Å². The molecule has 4 aromatic rings. The van der Waals surface area contributed by atoms with E-state index in [4.69, 9.17) is 11.6 Å². The molecule has 5 rings (SSSR count). The Morgan fingerprint density at radius 1 is 0.784 bits per heavy atom. The Labute approximate surface area is 220 Å². The van der Waals surface area contributed by atoms with Gasteiger partial charge < -0.3 is 0 Å². The molecule has 0 saturated heterocycles. The first-order valence-corrected chi connectivity index (χ1v) is 12.3. The molecule has 0 aromatic heterocycles. The van der Waals surface area contributed by atoms with Crippen molar-refractivity contribution in [2.24, 2.45) is 5.10 Å². The third-order valence-corrected chi connectivity index (χ3v) is 6.36. The van der Waals surface area contributed by atoms with E-state index in [1.807, 2.05) is 60.7 Å². The Bertz CT molecular complexity index is 1380. The van der Waals surface area contributed by atoms with Crippen molar-refractivity contribution in [2.45, 2.75) is 13.1 Å². The third-order valence-electron chi connectivity index (χ3n) is 6.11. The number of halogens is 1. The highest BCUT2D eigenvalue weighted by molar-refractivity contribution is 6.54. The van der Waals surface area contributed by atoms with E-state index in [1.54, 1.807) is 29.2 Å². The van der Waals surface area contributed by atoms with E-state index < -0.39 is 5.91 Å². The minimum absolute atomic E-state index is 0.206. The fourth-order valence-corrected chi connectivity index (χ4v) is 4.45. The highest BCUT2D eigenvalue weighted by atomic mass is 35.5. The maximum Gasteiger partial charge on any atom is 0.280 e. The third kappa shape index (κ3) is 5.77. The number of para-hydroxylation sites is 1. The topological polar surface area (TPSA) is 65.0 Å². The first-order chi connectivity index (χ1) is 18.1. The van der Waals surface area contributed by atoms with Crippen molar-refractivity contribution in [1.29, 1.82) is 0 Å². The van der Waals surface area contributed by atoms with Crippen LogP contribution in [0, 0.1) is 0 Å². The number of amides is 2. The van der Waals surface area contributed by atoms with Gasteiger partial charge in [-0.2, -0.15) is 5.10 Å². The van der Waals surface area contributed by atoms with E-state index in [2.05, 4.69) is 39.7 Å². The summed E-state index contributed by atoms with van der Waals surface area (Å²) in [5.74, 6) is -0.675. The summed E-state index contributed by atoms with van der Waals surface area (Å²) in [6, 6.07) is 34.4. The van der Waals surface area contributed by atoms with Crippen molar-refractivity contribution in [3.05, 3.63) is 136 Å². The molecule has 1 N–H and O–H groups in total.